The van der Waals surface area contributed by atoms with Crippen LogP contribution in [0.2, 0.25) is 0 Å². The van der Waals surface area contributed by atoms with Crippen LogP contribution in [0.4, 0.5) is 10.5 Å². The van der Waals surface area contributed by atoms with E-state index in [9.17, 15) is 19.2 Å². The van der Waals surface area contributed by atoms with Crippen molar-refractivity contribution in [3.05, 3.63) is 94.8 Å². The number of amides is 5. The molecule has 0 radical (unpaired) electrons. The van der Waals surface area contributed by atoms with Gasteiger partial charge < -0.3 is 15.5 Å². The first-order chi connectivity index (χ1) is 18.0. The first-order valence-corrected chi connectivity index (χ1v) is 12.3. The first-order valence-electron chi connectivity index (χ1n) is 12.3. The average Bonchev–Trinajstić information content (AvgIpc) is 3.23. The third kappa shape index (κ3) is 5.66. The van der Waals surface area contributed by atoms with Crippen LogP contribution in [0.5, 0.6) is 0 Å². The number of hydrogen-bond donors (Lipinski definition) is 3. The Hall–Kier alpha value is -4.53. The minimum absolute atomic E-state index is 0.217. The predicted octanol–water partition coefficient (Wildman–Crippen LogP) is 2.95. The number of hydrogen-bond acceptors (Lipinski definition) is 5. The molecule has 0 spiro atoms. The quantitative estimate of drug-likeness (QED) is 0.434. The van der Waals surface area contributed by atoms with Gasteiger partial charge in [0.05, 0.1) is 0 Å². The molecular formula is C28H27N5O4. The largest absolute Gasteiger partial charge is 0.334 e. The van der Waals surface area contributed by atoms with E-state index in [-0.39, 0.29) is 30.8 Å². The SMILES string of the molecule is O=C1CCC(N2Cc3cc(CNC(=O)Nc4ccc(CCc5ccncc5)cc4)ccc3C2=O)C(=O)N1. The highest BCUT2D eigenvalue weighted by Gasteiger charge is 2.39. The van der Waals surface area contributed by atoms with Crippen molar-refractivity contribution in [2.45, 2.75) is 44.8 Å². The maximum Gasteiger partial charge on any atom is 0.319 e. The van der Waals surface area contributed by atoms with Gasteiger partial charge in [-0.15, -0.1) is 0 Å². The Kier molecular flexibility index (Phi) is 6.93. The normalized spacial score (nSPS) is 16.8. The molecule has 9 heteroatoms. The molecule has 9 nitrogen and oxygen atoms in total. The fourth-order valence-corrected chi connectivity index (χ4v) is 4.69. The number of carbonyl (C=O) groups is 4. The van der Waals surface area contributed by atoms with Crippen molar-refractivity contribution in [2.75, 3.05) is 5.32 Å². The molecule has 1 saturated heterocycles. The molecule has 2 aromatic carbocycles. The van der Waals surface area contributed by atoms with Crippen molar-refractivity contribution in [3.8, 4) is 0 Å². The lowest BCUT2D eigenvalue weighted by atomic mass is 10.0. The number of benzene rings is 2. The Morgan fingerprint density at radius 1 is 0.946 bits per heavy atom. The molecule has 2 aliphatic heterocycles. The summed E-state index contributed by atoms with van der Waals surface area (Å²) in [6, 6.07) is 16.2. The Morgan fingerprint density at radius 3 is 2.38 bits per heavy atom. The molecule has 5 amide bonds. The molecular weight excluding hydrogens is 470 g/mol. The molecule has 0 bridgehead atoms. The molecule has 1 atom stereocenters. The van der Waals surface area contributed by atoms with E-state index in [1.54, 1.807) is 24.5 Å². The lowest BCUT2D eigenvalue weighted by molar-refractivity contribution is -0.136. The molecule has 188 valence electrons. The van der Waals surface area contributed by atoms with Crippen LogP contribution in [0.1, 0.15) is 45.5 Å². The van der Waals surface area contributed by atoms with E-state index < -0.39 is 11.9 Å². The summed E-state index contributed by atoms with van der Waals surface area (Å²) in [5, 5.41) is 7.99. The van der Waals surface area contributed by atoms with Gasteiger partial charge in [-0.25, -0.2) is 4.79 Å². The highest BCUT2D eigenvalue weighted by molar-refractivity contribution is 6.05. The summed E-state index contributed by atoms with van der Waals surface area (Å²) in [4.78, 5) is 54.4. The second kappa shape index (κ2) is 10.6. The van der Waals surface area contributed by atoms with E-state index in [2.05, 4.69) is 20.9 Å². The minimum atomic E-state index is -0.646. The van der Waals surface area contributed by atoms with Crippen molar-refractivity contribution in [1.82, 2.24) is 20.5 Å². The molecule has 2 aliphatic rings. The van der Waals surface area contributed by atoms with E-state index in [0.717, 1.165) is 24.0 Å². The molecule has 3 N–H and O–H groups in total. The first kappa shape index (κ1) is 24.2. The second-order valence-electron chi connectivity index (χ2n) is 9.25. The number of carbonyl (C=O) groups excluding carboxylic acids is 4. The molecule has 1 unspecified atom stereocenters. The standard InChI is InChI=1S/C28H27N5O4/c34-25-10-9-24(26(35)32-25)33-17-21-15-20(5-8-23(21)27(33)36)16-30-28(37)31-22-6-3-18(4-7-22)1-2-19-11-13-29-14-12-19/h3-8,11-15,24H,1-2,9-10,16-17H2,(H2,30,31,37)(H,32,34,35). The Balaban J connectivity index is 1.12. The van der Waals surface area contributed by atoms with Gasteiger partial charge in [0.1, 0.15) is 6.04 Å². The Labute approximate surface area is 214 Å². The second-order valence-corrected chi connectivity index (χ2v) is 9.25. The highest BCUT2D eigenvalue weighted by atomic mass is 16.2. The summed E-state index contributed by atoms with van der Waals surface area (Å²) in [6.45, 7) is 0.587. The molecule has 1 aromatic heterocycles. The van der Waals surface area contributed by atoms with Gasteiger partial charge in [-0.05, 0) is 71.8 Å². The van der Waals surface area contributed by atoms with Crippen molar-refractivity contribution in [1.29, 1.82) is 0 Å². The van der Waals surface area contributed by atoms with E-state index in [1.165, 1.54) is 16.0 Å². The van der Waals surface area contributed by atoms with Crippen LogP contribution < -0.4 is 16.0 Å². The smallest absolute Gasteiger partial charge is 0.319 e. The third-order valence-electron chi connectivity index (χ3n) is 6.70. The minimum Gasteiger partial charge on any atom is -0.334 e. The van der Waals surface area contributed by atoms with Crippen LogP contribution in [0.15, 0.2) is 67.0 Å². The number of pyridine rings is 1. The van der Waals surface area contributed by atoms with Gasteiger partial charge in [-0.1, -0.05) is 24.3 Å². The van der Waals surface area contributed by atoms with Gasteiger partial charge in [-0.3, -0.25) is 24.7 Å². The Morgan fingerprint density at radius 2 is 1.65 bits per heavy atom. The fraction of sp³-hybridized carbons (Fsp3) is 0.250. The number of rotatable bonds is 7. The van der Waals surface area contributed by atoms with Gasteiger partial charge in [0.15, 0.2) is 0 Å². The zero-order chi connectivity index (χ0) is 25.8. The molecule has 1 fully saturated rings. The average molecular weight is 498 g/mol. The molecule has 3 aromatic rings. The molecule has 0 aliphatic carbocycles. The number of anilines is 1. The summed E-state index contributed by atoms with van der Waals surface area (Å²) in [5.74, 6) is -0.960. The predicted molar refractivity (Wildman–Crippen MR) is 136 cm³/mol. The molecule has 0 saturated carbocycles. The summed E-state index contributed by atoms with van der Waals surface area (Å²) >= 11 is 0. The van der Waals surface area contributed by atoms with Crippen molar-refractivity contribution in [2.24, 2.45) is 0 Å². The number of nitrogens with zero attached hydrogens (tertiary/aromatic N) is 2. The summed E-state index contributed by atoms with van der Waals surface area (Å²) in [7, 11) is 0. The van der Waals surface area contributed by atoms with Gasteiger partial charge >= 0.3 is 6.03 Å². The van der Waals surface area contributed by atoms with E-state index >= 15 is 0 Å². The van der Waals surface area contributed by atoms with Crippen LogP contribution in [0.3, 0.4) is 0 Å². The number of nitrogens with one attached hydrogen (secondary N) is 3. The van der Waals surface area contributed by atoms with E-state index in [0.29, 0.717) is 24.2 Å². The maximum absolute atomic E-state index is 12.8. The summed E-state index contributed by atoms with van der Waals surface area (Å²) < 4.78 is 0. The third-order valence-corrected chi connectivity index (χ3v) is 6.70. The number of aryl methyl sites for hydroxylation is 2. The van der Waals surface area contributed by atoms with Crippen LogP contribution in [0, 0.1) is 0 Å². The van der Waals surface area contributed by atoms with Crippen molar-refractivity contribution in [3.63, 3.8) is 0 Å². The van der Waals surface area contributed by atoms with Crippen molar-refractivity contribution >= 4 is 29.4 Å². The number of imide groups is 1. The van der Waals surface area contributed by atoms with Crippen LogP contribution in [-0.2, 0) is 35.5 Å². The molecule has 3 heterocycles. The van der Waals surface area contributed by atoms with Crippen LogP contribution in [0.25, 0.3) is 0 Å². The van der Waals surface area contributed by atoms with Crippen LogP contribution >= 0.6 is 0 Å². The molecule has 5 rings (SSSR count). The topological polar surface area (TPSA) is 120 Å². The van der Waals surface area contributed by atoms with Gasteiger partial charge in [0.25, 0.3) is 5.91 Å². The van der Waals surface area contributed by atoms with Gasteiger partial charge in [0.2, 0.25) is 11.8 Å². The lowest BCUT2D eigenvalue weighted by Gasteiger charge is -2.29. The zero-order valence-corrected chi connectivity index (χ0v) is 20.2. The van der Waals surface area contributed by atoms with Gasteiger partial charge in [0, 0.05) is 43.2 Å². The van der Waals surface area contributed by atoms with Gasteiger partial charge in [-0.2, -0.15) is 0 Å². The fourth-order valence-electron chi connectivity index (χ4n) is 4.69. The number of urea groups is 1. The van der Waals surface area contributed by atoms with E-state index in [4.69, 9.17) is 0 Å². The zero-order valence-electron chi connectivity index (χ0n) is 20.2. The maximum atomic E-state index is 12.8. The van der Waals surface area contributed by atoms with E-state index in [1.807, 2.05) is 42.5 Å². The Bertz CT molecular complexity index is 1340. The number of aromatic nitrogens is 1. The van der Waals surface area contributed by atoms with Crippen molar-refractivity contribution < 1.29 is 19.2 Å². The van der Waals surface area contributed by atoms with Crippen LogP contribution in [-0.4, -0.2) is 39.7 Å². The summed E-state index contributed by atoms with van der Waals surface area (Å²) in [5.41, 5.74) is 5.31. The number of fused-ring (bicyclic) bond motifs is 1. The number of piperidine rings is 1. The summed E-state index contributed by atoms with van der Waals surface area (Å²) in [6.07, 6.45) is 5.95. The highest BCUT2D eigenvalue weighted by Crippen LogP contribution is 2.28. The lowest BCUT2D eigenvalue weighted by Crippen LogP contribution is -2.52. The monoisotopic (exact) mass is 497 g/mol. The molecule has 37 heavy (non-hydrogen) atoms.